The predicted molar refractivity (Wildman–Crippen MR) is 61.4 cm³/mol. The van der Waals surface area contributed by atoms with Crippen LogP contribution in [0, 0.1) is 18.6 Å². The van der Waals surface area contributed by atoms with Crippen LogP contribution in [0.2, 0.25) is 0 Å². The number of aromatic nitrogens is 1. The number of hydrogen-bond donors (Lipinski definition) is 1. The van der Waals surface area contributed by atoms with Crippen molar-refractivity contribution >= 4 is 0 Å². The third-order valence-electron chi connectivity index (χ3n) is 2.57. The minimum Gasteiger partial charge on any atom is -0.320 e. The summed E-state index contributed by atoms with van der Waals surface area (Å²) in [5.74, 6) is -1.28. The highest BCUT2D eigenvalue weighted by molar-refractivity contribution is 5.33. The topological polar surface area (TPSA) is 38.9 Å². The summed E-state index contributed by atoms with van der Waals surface area (Å²) in [5.41, 5.74) is 7.23. The number of pyridine rings is 1. The van der Waals surface area contributed by atoms with Crippen LogP contribution in [0.5, 0.6) is 0 Å². The van der Waals surface area contributed by atoms with E-state index in [0.29, 0.717) is 5.56 Å². The number of hydrogen-bond acceptors (Lipinski definition) is 2. The van der Waals surface area contributed by atoms with Gasteiger partial charge in [-0.1, -0.05) is 12.1 Å². The molecule has 0 fully saturated rings. The Labute approximate surface area is 98.1 Å². The number of rotatable bonds is 2. The van der Waals surface area contributed by atoms with Crippen molar-refractivity contribution in [3.8, 4) is 0 Å². The van der Waals surface area contributed by atoms with Gasteiger partial charge in [-0.25, -0.2) is 8.78 Å². The minimum atomic E-state index is -0.844. The molecule has 1 aromatic heterocycles. The molecular formula is C13H12F2N2. The molecule has 0 aliphatic heterocycles. The molecule has 2 rings (SSSR count). The fraction of sp³-hybridized carbons (Fsp3) is 0.154. The maximum absolute atomic E-state index is 13.5. The lowest BCUT2D eigenvalue weighted by Crippen LogP contribution is -2.16. The first-order valence-electron chi connectivity index (χ1n) is 5.20. The third kappa shape index (κ3) is 2.31. The maximum Gasteiger partial charge on any atom is 0.131 e. The van der Waals surface area contributed by atoms with Crippen molar-refractivity contribution in [1.82, 2.24) is 4.98 Å². The van der Waals surface area contributed by atoms with E-state index in [1.165, 1.54) is 24.4 Å². The normalized spacial score (nSPS) is 12.5. The molecule has 1 heterocycles. The number of halogens is 2. The molecule has 2 nitrogen and oxygen atoms in total. The molecule has 1 aromatic carbocycles. The van der Waals surface area contributed by atoms with Gasteiger partial charge in [-0.15, -0.1) is 0 Å². The molecule has 0 saturated heterocycles. The van der Waals surface area contributed by atoms with Crippen LogP contribution >= 0.6 is 0 Å². The number of benzene rings is 1. The Hall–Kier alpha value is -1.81. The van der Waals surface area contributed by atoms with Gasteiger partial charge in [0.25, 0.3) is 0 Å². The molecule has 2 N–H and O–H groups in total. The second-order valence-electron chi connectivity index (χ2n) is 3.91. The van der Waals surface area contributed by atoms with Gasteiger partial charge in [0.05, 0.1) is 6.04 Å². The molecular weight excluding hydrogens is 222 g/mol. The average Bonchev–Trinajstić information content (AvgIpc) is 2.28. The zero-order valence-electron chi connectivity index (χ0n) is 9.32. The van der Waals surface area contributed by atoms with Gasteiger partial charge < -0.3 is 5.73 Å². The van der Waals surface area contributed by atoms with Crippen molar-refractivity contribution in [1.29, 1.82) is 0 Å². The summed E-state index contributed by atoms with van der Waals surface area (Å²) in [6, 6.07) is 4.63. The maximum atomic E-state index is 13.5. The fourth-order valence-electron chi connectivity index (χ4n) is 1.72. The largest absolute Gasteiger partial charge is 0.320 e. The molecule has 1 unspecified atom stereocenters. The highest BCUT2D eigenvalue weighted by atomic mass is 19.1. The Kier molecular flexibility index (Phi) is 3.15. The predicted octanol–water partition coefficient (Wildman–Crippen LogP) is 2.72. The van der Waals surface area contributed by atoms with Crippen molar-refractivity contribution < 1.29 is 8.78 Å². The van der Waals surface area contributed by atoms with Crippen LogP contribution in [-0.4, -0.2) is 4.98 Å². The van der Waals surface area contributed by atoms with Crippen molar-refractivity contribution in [2.45, 2.75) is 13.0 Å². The van der Waals surface area contributed by atoms with E-state index >= 15 is 0 Å². The Morgan fingerprint density at radius 3 is 2.41 bits per heavy atom. The lowest BCUT2D eigenvalue weighted by atomic mass is 9.99. The van der Waals surface area contributed by atoms with Gasteiger partial charge in [-0.05, 0) is 30.2 Å². The van der Waals surface area contributed by atoms with Crippen molar-refractivity contribution in [2.75, 3.05) is 0 Å². The summed E-state index contributed by atoms with van der Waals surface area (Å²) < 4.78 is 27.1. The molecule has 0 bridgehead atoms. The molecule has 88 valence electrons. The fourth-order valence-corrected chi connectivity index (χ4v) is 1.72. The van der Waals surface area contributed by atoms with E-state index in [0.717, 1.165) is 5.56 Å². The Morgan fingerprint density at radius 2 is 1.82 bits per heavy atom. The summed E-state index contributed by atoms with van der Waals surface area (Å²) in [5, 5.41) is 0. The van der Waals surface area contributed by atoms with E-state index in [4.69, 9.17) is 5.73 Å². The lowest BCUT2D eigenvalue weighted by Gasteiger charge is -2.14. The van der Waals surface area contributed by atoms with Crippen LogP contribution in [0.1, 0.15) is 22.7 Å². The smallest absolute Gasteiger partial charge is 0.131 e. The molecule has 0 radical (unpaired) electrons. The Balaban J connectivity index is 2.47. The Morgan fingerprint density at radius 1 is 1.18 bits per heavy atom. The second-order valence-corrected chi connectivity index (χ2v) is 3.91. The first-order valence-corrected chi connectivity index (χ1v) is 5.20. The first-order chi connectivity index (χ1) is 8.09. The van der Waals surface area contributed by atoms with E-state index in [1.807, 2.05) is 6.92 Å². The molecule has 0 aliphatic carbocycles. The average molecular weight is 234 g/mol. The molecule has 4 heteroatoms. The molecule has 17 heavy (non-hydrogen) atoms. The molecule has 0 aliphatic rings. The van der Waals surface area contributed by atoms with Gasteiger partial charge in [0.15, 0.2) is 0 Å². The zero-order chi connectivity index (χ0) is 12.4. The van der Waals surface area contributed by atoms with Crippen LogP contribution in [0.3, 0.4) is 0 Å². The number of nitrogens with zero attached hydrogens (tertiary/aromatic N) is 1. The molecule has 0 spiro atoms. The van der Waals surface area contributed by atoms with Crippen molar-refractivity contribution in [3.05, 3.63) is 65.0 Å². The minimum absolute atomic E-state index is 0.125. The summed E-state index contributed by atoms with van der Waals surface area (Å²) in [7, 11) is 0. The quantitative estimate of drug-likeness (QED) is 0.867. The van der Waals surface area contributed by atoms with Crippen LogP contribution in [0.15, 0.2) is 36.7 Å². The number of aryl methyl sites for hydroxylation is 1. The van der Waals surface area contributed by atoms with Crippen molar-refractivity contribution in [2.24, 2.45) is 5.73 Å². The van der Waals surface area contributed by atoms with Gasteiger partial charge >= 0.3 is 0 Å². The zero-order valence-corrected chi connectivity index (χ0v) is 9.32. The van der Waals surface area contributed by atoms with Gasteiger partial charge in [0.1, 0.15) is 11.6 Å². The van der Waals surface area contributed by atoms with E-state index in [1.54, 1.807) is 12.3 Å². The summed E-state index contributed by atoms with van der Waals surface area (Å²) >= 11 is 0. The van der Waals surface area contributed by atoms with Crippen molar-refractivity contribution in [3.63, 3.8) is 0 Å². The summed E-state index contributed by atoms with van der Waals surface area (Å²) in [6.07, 6.45) is 3.18. The third-order valence-corrected chi connectivity index (χ3v) is 2.57. The SMILES string of the molecule is Cc1cncc(C(N)c2c(F)cccc2F)c1. The standard InChI is InChI=1S/C13H12F2N2/c1-8-5-9(7-17-6-8)13(16)12-10(14)3-2-4-11(12)15/h2-7,13H,16H2,1H3. The van der Waals surface area contributed by atoms with E-state index in [2.05, 4.69) is 4.98 Å². The van der Waals surface area contributed by atoms with E-state index in [-0.39, 0.29) is 5.56 Å². The van der Waals surface area contributed by atoms with Gasteiger partial charge in [-0.3, -0.25) is 4.98 Å². The highest BCUT2D eigenvalue weighted by Crippen LogP contribution is 2.24. The first kappa shape index (κ1) is 11.7. The van der Waals surface area contributed by atoms with Crippen LogP contribution in [-0.2, 0) is 0 Å². The second kappa shape index (κ2) is 4.59. The monoisotopic (exact) mass is 234 g/mol. The summed E-state index contributed by atoms with van der Waals surface area (Å²) in [4.78, 5) is 3.97. The van der Waals surface area contributed by atoms with E-state index in [9.17, 15) is 8.78 Å². The van der Waals surface area contributed by atoms with Gasteiger partial charge in [0, 0.05) is 18.0 Å². The van der Waals surface area contributed by atoms with Crippen LogP contribution in [0.4, 0.5) is 8.78 Å². The van der Waals surface area contributed by atoms with Crippen LogP contribution in [0.25, 0.3) is 0 Å². The molecule has 0 saturated carbocycles. The summed E-state index contributed by atoms with van der Waals surface area (Å²) in [6.45, 7) is 1.85. The molecule has 2 aromatic rings. The van der Waals surface area contributed by atoms with Crippen LogP contribution < -0.4 is 5.73 Å². The molecule has 1 atom stereocenters. The van der Waals surface area contributed by atoms with Gasteiger partial charge in [0.2, 0.25) is 0 Å². The lowest BCUT2D eigenvalue weighted by molar-refractivity contribution is 0.543. The highest BCUT2D eigenvalue weighted by Gasteiger charge is 2.18. The number of nitrogens with two attached hydrogens (primary N) is 1. The van der Waals surface area contributed by atoms with Gasteiger partial charge in [-0.2, -0.15) is 0 Å². The van der Waals surface area contributed by atoms with E-state index < -0.39 is 17.7 Å². The molecule has 0 amide bonds. The Bertz CT molecular complexity index is 520.